The Labute approximate surface area is 79.1 Å². The fourth-order valence-corrected chi connectivity index (χ4v) is 0.780. The molecule has 0 fully saturated rings. The van der Waals surface area contributed by atoms with Gasteiger partial charge in [-0.05, 0) is 5.92 Å². The molecule has 0 radical (unpaired) electrons. The average molecular weight is 183 g/mol. The fourth-order valence-electron chi connectivity index (χ4n) is 0.780. The van der Waals surface area contributed by atoms with E-state index in [4.69, 9.17) is 11.0 Å². The molecule has 13 heavy (non-hydrogen) atoms. The van der Waals surface area contributed by atoms with Gasteiger partial charge in [-0.15, -0.1) is 0 Å². The first kappa shape index (κ1) is 11.9. The first-order valence-electron chi connectivity index (χ1n) is 4.47. The largest absolute Gasteiger partial charge is 0.355 e. The van der Waals surface area contributed by atoms with Crippen LogP contribution < -0.4 is 11.1 Å². The molecule has 0 rings (SSSR count). The quantitative estimate of drug-likeness (QED) is 0.605. The van der Waals surface area contributed by atoms with E-state index in [-0.39, 0.29) is 11.9 Å². The average Bonchev–Trinajstić information content (AvgIpc) is 2.04. The topological polar surface area (TPSA) is 78.9 Å². The van der Waals surface area contributed by atoms with Crippen molar-refractivity contribution in [3.05, 3.63) is 0 Å². The summed E-state index contributed by atoms with van der Waals surface area (Å²) in [5.74, 6) is 0.234. The van der Waals surface area contributed by atoms with E-state index < -0.39 is 0 Å². The number of carbonyl (C=O) groups excluding carboxylic acids is 1. The maximum Gasteiger partial charge on any atom is 0.221 e. The van der Waals surface area contributed by atoms with Crippen LogP contribution >= 0.6 is 0 Å². The second-order valence-corrected chi connectivity index (χ2v) is 3.37. The zero-order valence-corrected chi connectivity index (χ0v) is 8.21. The van der Waals surface area contributed by atoms with Gasteiger partial charge in [0, 0.05) is 19.0 Å². The van der Waals surface area contributed by atoms with Crippen molar-refractivity contribution < 1.29 is 4.79 Å². The summed E-state index contributed by atoms with van der Waals surface area (Å²) in [6, 6.07) is 1.86. The van der Waals surface area contributed by atoms with Crippen LogP contribution in [0.25, 0.3) is 0 Å². The second kappa shape index (κ2) is 6.44. The highest BCUT2D eigenvalue weighted by Gasteiger charge is 2.11. The molecule has 1 amide bonds. The number of nitrogens with two attached hydrogens (primary N) is 1. The number of carbonyl (C=O) groups is 1. The van der Waals surface area contributed by atoms with Gasteiger partial charge in [0.25, 0.3) is 0 Å². The van der Waals surface area contributed by atoms with E-state index in [1.165, 1.54) is 0 Å². The molecule has 1 unspecified atom stereocenters. The number of nitrogens with zero attached hydrogens (tertiary/aromatic N) is 1. The lowest BCUT2D eigenvalue weighted by atomic mass is 10.0. The molecular weight excluding hydrogens is 166 g/mol. The van der Waals surface area contributed by atoms with E-state index >= 15 is 0 Å². The van der Waals surface area contributed by atoms with Crippen LogP contribution in [-0.4, -0.2) is 18.5 Å². The second-order valence-electron chi connectivity index (χ2n) is 3.37. The van der Waals surface area contributed by atoms with Crippen molar-refractivity contribution in [2.45, 2.75) is 32.7 Å². The predicted octanol–water partition coefficient (Wildman–Crippen LogP) is 0.390. The Bertz CT molecular complexity index is 196. The van der Waals surface area contributed by atoms with Gasteiger partial charge in [0.05, 0.1) is 12.5 Å². The van der Waals surface area contributed by atoms with E-state index in [1.54, 1.807) is 0 Å². The molecule has 0 heterocycles. The van der Waals surface area contributed by atoms with Crippen LogP contribution in [-0.2, 0) is 4.79 Å². The molecule has 0 aromatic carbocycles. The number of hydrogen-bond acceptors (Lipinski definition) is 3. The molecule has 0 aliphatic heterocycles. The molecule has 0 aromatic heterocycles. The number of amides is 1. The normalized spacial score (nSPS) is 12.2. The highest BCUT2D eigenvalue weighted by molar-refractivity contribution is 5.76. The van der Waals surface area contributed by atoms with Gasteiger partial charge < -0.3 is 11.1 Å². The standard InChI is InChI=1S/C9H17N3O/c1-7(2)8(11)6-9(13)12-5-3-4-10/h7-8H,3,5-6,11H2,1-2H3,(H,12,13). The van der Waals surface area contributed by atoms with Gasteiger partial charge in [0.2, 0.25) is 5.91 Å². The minimum atomic E-state index is -0.0953. The summed E-state index contributed by atoms with van der Waals surface area (Å²) in [5.41, 5.74) is 5.70. The van der Waals surface area contributed by atoms with Crippen molar-refractivity contribution in [1.82, 2.24) is 5.32 Å². The smallest absolute Gasteiger partial charge is 0.221 e. The molecule has 1 atom stereocenters. The molecule has 0 aromatic rings. The van der Waals surface area contributed by atoms with E-state index in [2.05, 4.69) is 5.32 Å². The summed E-state index contributed by atoms with van der Waals surface area (Å²) in [7, 11) is 0. The molecule has 74 valence electrons. The van der Waals surface area contributed by atoms with Crippen LogP contribution in [0.5, 0.6) is 0 Å². The summed E-state index contributed by atoms with van der Waals surface area (Å²) in [4.78, 5) is 11.1. The van der Waals surface area contributed by atoms with Crippen molar-refractivity contribution in [1.29, 1.82) is 5.26 Å². The Balaban J connectivity index is 3.57. The SMILES string of the molecule is CC(C)C(N)CC(=O)NCCC#N. The van der Waals surface area contributed by atoms with Crippen LogP contribution in [0.15, 0.2) is 0 Å². The molecule has 0 saturated heterocycles. The van der Waals surface area contributed by atoms with Gasteiger partial charge in [0.15, 0.2) is 0 Å². The lowest BCUT2D eigenvalue weighted by molar-refractivity contribution is -0.121. The first-order valence-corrected chi connectivity index (χ1v) is 4.47. The summed E-state index contributed by atoms with van der Waals surface area (Å²) >= 11 is 0. The van der Waals surface area contributed by atoms with Gasteiger partial charge in [-0.1, -0.05) is 13.8 Å². The van der Waals surface area contributed by atoms with Crippen LogP contribution in [0.2, 0.25) is 0 Å². The third kappa shape index (κ3) is 6.12. The first-order chi connectivity index (χ1) is 6.07. The molecule has 3 N–H and O–H groups in total. The van der Waals surface area contributed by atoms with Crippen molar-refractivity contribution in [3.63, 3.8) is 0 Å². The highest BCUT2D eigenvalue weighted by Crippen LogP contribution is 2.01. The number of rotatable bonds is 5. The predicted molar refractivity (Wildman–Crippen MR) is 50.7 cm³/mol. The molecule has 0 spiro atoms. The Morgan fingerprint density at radius 3 is 2.69 bits per heavy atom. The summed E-state index contributed by atoms with van der Waals surface area (Å²) in [6.07, 6.45) is 0.686. The molecule has 4 heteroatoms. The Morgan fingerprint density at radius 2 is 2.23 bits per heavy atom. The lowest BCUT2D eigenvalue weighted by Gasteiger charge is -2.14. The maximum atomic E-state index is 11.1. The van der Waals surface area contributed by atoms with Gasteiger partial charge in [-0.3, -0.25) is 4.79 Å². The molecule has 4 nitrogen and oxygen atoms in total. The summed E-state index contributed by atoms with van der Waals surface area (Å²) in [5, 5.41) is 10.9. The lowest BCUT2D eigenvalue weighted by Crippen LogP contribution is -2.35. The number of nitriles is 1. The van der Waals surface area contributed by atoms with Crippen molar-refractivity contribution in [3.8, 4) is 6.07 Å². The summed E-state index contributed by atoms with van der Waals surface area (Å²) in [6.45, 7) is 4.38. The Kier molecular flexibility index (Phi) is 5.90. The van der Waals surface area contributed by atoms with Crippen molar-refractivity contribution in [2.75, 3.05) is 6.54 Å². The van der Waals surface area contributed by atoms with Crippen LogP contribution in [0.1, 0.15) is 26.7 Å². The van der Waals surface area contributed by atoms with Crippen LogP contribution in [0.4, 0.5) is 0 Å². The van der Waals surface area contributed by atoms with E-state index in [0.717, 1.165) is 0 Å². The minimum absolute atomic E-state index is 0.0727. The Hall–Kier alpha value is -1.08. The van der Waals surface area contributed by atoms with Gasteiger partial charge in [0.1, 0.15) is 0 Å². The Morgan fingerprint density at radius 1 is 1.62 bits per heavy atom. The van der Waals surface area contributed by atoms with Gasteiger partial charge >= 0.3 is 0 Å². The molecular formula is C9H17N3O. The summed E-state index contributed by atoms with van der Waals surface area (Å²) < 4.78 is 0. The van der Waals surface area contributed by atoms with E-state index in [9.17, 15) is 4.79 Å². The third-order valence-electron chi connectivity index (χ3n) is 1.84. The van der Waals surface area contributed by atoms with Crippen LogP contribution in [0, 0.1) is 17.2 Å². The number of hydrogen-bond donors (Lipinski definition) is 2. The molecule has 0 bridgehead atoms. The minimum Gasteiger partial charge on any atom is -0.355 e. The van der Waals surface area contributed by atoms with E-state index in [1.807, 2.05) is 19.9 Å². The zero-order valence-electron chi connectivity index (χ0n) is 8.21. The third-order valence-corrected chi connectivity index (χ3v) is 1.84. The molecule has 0 aliphatic rings. The van der Waals surface area contributed by atoms with Crippen LogP contribution in [0.3, 0.4) is 0 Å². The van der Waals surface area contributed by atoms with Crippen molar-refractivity contribution in [2.24, 2.45) is 11.7 Å². The van der Waals surface area contributed by atoms with Gasteiger partial charge in [-0.2, -0.15) is 5.26 Å². The zero-order chi connectivity index (χ0) is 10.3. The molecule has 0 saturated carbocycles. The molecule has 0 aliphatic carbocycles. The highest BCUT2D eigenvalue weighted by atomic mass is 16.1. The van der Waals surface area contributed by atoms with E-state index in [0.29, 0.717) is 25.3 Å². The van der Waals surface area contributed by atoms with Crippen molar-refractivity contribution >= 4 is 5.91 Å². The van der Waals surface area contributed by atoms with Gasteiger partial charge in [-0.25, -0.2) is 0 Å². The number of nitrogens with one attached hydrogen (secondary N) is 1. The maximum absolute atomic E-state index is 11.1. The fraction of sp³-hybridized carbons (Fsp3) is 0.778. The monoisotopic (exact) mass is 183 g/mol.